The fourth-order valence-electron chi connectivity index (χ4n) is 0.734. The molecule has 0 N–H and O–H groups in total. The summed E-state index contributed by atoms with van der Waals surface area (Å²) in [6.45, 7) is 0. The van der Waals surface area contributed by atoms with Gasteiger partial charge in [0.1, 0.15) is 4.33 Å². The van der Waals surface area contributed by atoms with Gasteiger partial charge in [0.05, 0.1) is 13.5 Å². The molecule has 0 radical (unpaired) electrons. The van der Waals surface area contributed by atoms with Gasteiger partial charge in [-0.2, -0.15) is 0 Å². The van der Waals surface area contributed by atoms with E-state index >= 15 is 0 Å². The molecule has 0 heterocycles. The zero-order valence-electron chi connectivity index (χ0n) is 7.03. The van der Waals surface area contributed by atoms with Gasteiger partial charge in [0.2, 0.25) is 0 Å². The third-order valence-corrected chi connectivity index (χ3v) is 2.73. The number of carbonyl (C=O) groups is 1. The highest BCUT2D eigenvalue weighted by Gasteiger charge is 2.30. The van der Waals surface area contributed by atoms with Crippen molar-refractivity contribution in [2.24, 2.45) is 0 Å². The molecule has 0 aliphatic rings. The first-order valence-corrected chi connectivity index (χ1v) is 5.28. The van der Waals surface area contributed by atoms with E-state index in [0.717, 1.165) is 0 Å². The third kappa shape index (κ3) is 6.67. The Morgan fingerprint density at radius 3 is 2.46 bits per heavy atom. The lowest BCUT2D eigenvalue weighted by Crippen LogP contribution is -2.24. The van der Waals surface area contributed by atoms with Crippen LogP contribution in [-0.4, -0.2) is 28.7 Å². The van der Waals surface area contributed by atoms with Gasteiger partial charge in [-0.05, 0) is 6.42 Å². The second kappa shape index (κ2) is 6.18. The van der Waals surface area contributed by atoms with Gasteiger partial charge >= 0.3 is 5.97 Å². The summed E-state index contributed by atoms with van der Waals surface area (Å²) in [5, 5.41) is -0.346. The fraction of sp³-hybridized carbons (Fsp3) is 0.857. The van der Waals surface area contributed by atoms with Crippen molar-refractivity contribution in [1.82, 2.24) is 0 Å². The largest absolute Gasteiger partial charge is 0.469 e. The minimum absolute atomic E-state index is 0.0906. The molecule has 0 aromatic heterocycles. The number of hydrogen-bond donors (Lipinski definition) is 0. The number of rotatable bonds is 5. The van der Waals surface area contributed by atoms with Crippen molar-refractivity contribution in [3.8, 4) is 0 Å². The molecule has 2 nitrogen and oxygen atoms in total. The van der Waals surface area contributed by atoms with Crippen LogP contribution in [0.1, 0.15) is 12.8 Å². The van der Waals surface area contributed by atoms with E-state index in [2.05, 4.69) is 4.74 Å². The van der Waals surface area contributed by atoms with E-state index in [4.69, 9.17) is 46.4 Å². The molecule has 0 aliphatic heterocycles. The molecule has 6 heteroatoms. The van der Waals surface area contributed by atoms with E-state index in [-0.39, 0.29) is 24.1 Å². The van der Waals surface area contributed by atoms with Crippen molar-refractivity contribution in [3.05, 3.63) is 0 Å². The normalized spacial score (nSPS) is 13.9. The second-order valence-electron chi connectivity index (χ2n) is 2.56. The number of ether oxygens (including phenoxy) is 1. The quantitative estimate of drug-likeness (QED) is 0.566. The predicted molar refractivity (Wildman–Crippen MR) is 56.0 cm³/mol. The zero-order valence-corrected chi connectivity index (χ0v) is 10.1. The summed E-state index contributed by atoms with van der Waals surface area (Å²) < 4.78 is 3.22. The lowest BCUT2D eigenvalue weighted by atomic mass is 10.2. The van der Waals surface area contributed by atoms with Crippen LogP contribution < -0.4 is 0 Å². The SMILES string of the molecule is COC(=O)CC(Cl)(Cl)CC(Cl)CCl. The van der Waals surface area contributed by atoms with Crippen LogP contribution in [0, 0.1) is 0 Å². The van der Waals surface area contributed by atoms with Crippen LogP contribution in [0.4, 0.5) is 0 Å². The second-order valence-corrected chi connectivity index (χ2v) is 5.13. The first-order chi connectivity index (χ1) is 5.91. The Balaban J connectivity index is 3.99. The van der Waals surface area contributed by atoms with Crippen LogP contribution in [0.15, 0.2) is 0 Å². The topological polar surface area (TPSA) is 26.3 Å². The fourth-order valence-corrected chi connectivity index (χ4v) is 1.86. The lowest BCUT2D eigenvalue weighted by molar-refractivity contribution is -0.140. The minimum Gasteiger partial charge on any atom is -0.469 e. The smallest absolute Gasteiger partial charge is 0.308 e. The Morgan fingerprint density at radius 2 is 2.08 bits per heavy atom. The van der Waals surface area contributed by atoms with Crippen molar-refractivity contribution in [2.75, 3.05) is 13.0 Å². The summed E-state index contributed by atoms with van der Waals surface area (Å²) in [6, 6.07) is 0. The van der Waals surface area contributed by atoms with Crippen LogP contribution in [-0.2, 0) is 9.53 Å². The van der Waals surface area contributed by atoms with Crippen LogP contribution in [0.2, 0.25) is 0 Å². The highest BCUT2D eigenvalue weighted by Crippen LogP contribution is 2.32. The molecule has 0 saturated heterocycles. The van der Waals surface area contributed by atoms with Gasteiger partial charge in [0.15, 0.2) is 0 Å². The molecule has 1 atom stereocenters. The maximum absolute atomic E-state index is 10.8. The first kappa shape index (κ1) is 13.6. The van der Waals surface area contributed by atoms with Gasteiger partial charge in [-0.3, -0.25) is 4.79 Å². The average molecular weight is 268 g/mol. The van der Waals surface area contributed by atoms with Crippen molar-refractivity contribution in [1.29, 1.82) is 0 Å². The molecule has 0 fully saturated rings. The Bertz CT molecular complexity index is 172. The predicted octanol–water partition coefficient (Wildman–Crippen LogP) is 2.96. The van der Waals surface area contributed by atoms with Crippen LogP contribution in [0.25, 0.3) is 0 Å². The molecule has 0 bridgehead atoms. The van der Waals surface area contributed by atoms with Gasteiger partial charge in [0, 0.05) is 11.3 Å². The van der Waals surface area contributed by atoms with Gasteiger partial charge in [-0.1, -0.05) is 0 Å². The number of alkyl halides is 4. The van der Waals surface area contributed by atoms with Crippen LogP contribution in [0.3, 0.4) is 0 Å². The number of methoxy groups -OCH3 is 1. The van der Waals surface area contributed by atoms with Crippen molar-refractivity contribution >= 4 is 52.4 Å². The van der Waals surface area contributed by atoms with Crippen molar-refractivity contribution in [2.45, 2.75) is 22.6 Å². The monoisotopic (exact) mass is 266 g/mol. The van der Waals surface area contributed by atoms with Gasteiger partial charge < -0.3 is 4.74 Å². The summed E-state index contributed by atoms with van der Waals surface area (Å²) in [4.78, 5) is 10.8. The molecule has 0 aromatic carbocycles. The highest BCUT2D eigenvalue weighted by molar-refractivity contribution is 6.49. The number of halogens is 4. The molecule has 13 heavy (non-hydrogen) atoms. The molecular weight excluding hydrogens is 258 g/mol. The average Bonchev–Trinajstić information content (AvgIpc) is 2.02. The standard InChI is InChI=1S/C7H10Cl4O2/c1-13-6(12)3-7(10,11)2-5(9)4-8/h5H,2-4H2,1H3. The zero-order chi connectivity index (χ0) is 10.5. The molecule has 0 amide bonds. The van der Waals surface area contributed by atoms with E-state index in [1.54, 1.807) is 0 Å². The number of carbonyl (C=O) groups excluding carboxylic acids is 1. The summed E-state index contributed by atoms with van der Waals surface area (Å²) in [5.74, 6) is -0.229. The maximum atomic E-state index is 10.8. The maximum Gasteiger partial charge on any atom is 0.308 e. The molecule has 1 unspecified atom stereocenters. The van der Waals surface area contributed by atoms with E-state index in [9.17, 15) is 4.79 Å². The van der Waals surface area contributed by atoms with E-state index in [1.807, 2.05) is 0 Å². The summed E-state index contributed by atoms with van der Waals surface area (Å²) in [6.07, 6.45) is 0.156. The summed E-state index contributed by atoms with van der Waals surface area (Å²) >= 11 is 22.8. The van der Waals surface area contributed by atoms with Gasteiger partial charge in [-0.25, -0.2) is 0 Å². The Hall–Kier alpha value is 0.630. The third-order valence-electron chi connectivity index (χ3n) is 1.32. The summed E-state index contributed by atoms with van der Waals surface area (Å²) in [5.41, 5.74) is 0. The van der Waals surface area contributed by atoms with Crippen molar-refractivity contribution in [3.63, 3.8) is 0 Å². The molecular formula is C7H10Cl4O2. The molecule has 0 rings (SSSR count). The molecule has 0 spiro atoms. The first-order valence-electron chi connectivity index (χ1n) is 3.56. The molecule has 0 aliphatic carbocycles. The minimum atomic E-state index is -1.20. The Labute approximate surface area is 97.4 Å². The lowest BCUT2D eigenvalue weighted by Gasteiger charge is -2.19. The molecule has 78 valence electrons. The number of hydrogen-bond acceptors (Lipinski definition) is 2. The van der Waals surface area contributed by atoms with Gasteiger partial charge in [-0.15, -0.1) is 46.4 Å². The van der Waals surface area contributed by atoms with Gasteiger partial charge in [0.25, 0.3) is 0 Å². The van der Waals surface area contributed by atoms with E-state index < -0.39 is 10.3 Å². The van der Waals surface area contributed by atoms with E-state index in [0.29, 0.717) is 0 Å². The highest BCUT2D eigenvalue weighted by atomic mass is 35.5. The summed E-state index contributed by atoms with van der Waals surface area (Å²) in [7, 11) is 1.27. The van der Waals surface area contributed by atoms with Crippen LogP contribution in [0.5, 0.6) is 0 Å². The molecule has 0 aromatic rings. The molecule has 0 saturated carbocycles. The van der Waals surface area contributed by atoms with E-state index in [1.165, 1.54) is 7.11 Å². The Kier molecular flexibility index (Phi) is 6.48. The number of esters is 1. The Morgan fingerprint density at radius 1 is 1.54 bits per heavy atom. The van der Waals surface area contributed by atoms with Crippen LogP contribution >= 0.6 is 46.4 Å². The van der Waals surface area contributed by atoms with Crippen molar-refractivity contribution < 1.29 is 9.53 Å².